The highest BCUT2D eigenvalue weighted by Gasteiger charge is 2.27. The van der Waals surface area contributed by atoms with Crippen LogP contribution in [0.15, 0.2) is 58.4 Å². The Hall–Kier alpha value is -2.73. The van der Waals surface area contributed by atoms with Crippen molar-refractivity contribution in [3.05, 3.63) is 64.6 Å². The predicted octanol–water partition coefficient (Wildman–Crippen LogP) is 4.73. The van der Waals surface area contributed by atoms with E-state index >= 15 is 0 Å². The van der Waals surface area contributed by atoms with Gasteiger partial charge in [-0.15, -0.1) is 0 Å². The molecule has 29 heavy (non-hydrogen) atoms. The summed E-state index contributed by atoms with van der Waals surface area (Å²) in [5, 5.41) is 0.829. The third-order valence-electron chi connectivity index (χ3n) is 4.96. The average Bonchev–Trinajstić information content (AvgIpc) is 3.14. The summed E-state index contributed by atoms with van der Waals surface area (Å²) in [5.74, 6) is 1.15. The third-order valence-corrected chi connectivity index (χ3v) is 6.00. The van der Waals surface area contributed by atoms with Crippen molar-refractivity contribution >= 4 is 28.9 Å². The van der Waals surface area contributed by atoms with Crippen molar-refractivity contribution in [2.24, 2.45) is 4.99 Å². The summed E-state index contributed by atoms with van der Waals surface area (Å²) in [7, 11) is 1.62. The Balaban J connectivity index is 1.45. The van der Waals surface area contributed by atoms with Crippen LogP contribution in [0.1, 0.15) is 30.4 Å². The van der Waals surface area contributed by atoms with E-state index in [4.69, 9.17) is 9.47 Å². The van der Waals surface area contributed by atoms with Crippen LogP contribution >= 0.6 is 11.8 Å². The number of amides is 1. The maximum atomic E-state index is 12.4. The number of ether oxygens (including phenoxy) is 2. The van der Waals surface area contributed by atoms with Crippen molar-refractivity contribution < 1.29 is 14.3 Å². The van der Waals surface area contributed by atoms with Crippen LogP contribution in [0.5, 0.6) is 11.5 Å². The van der Waals surface area contributed by atoms with Crippen molar-refractivity contribution in [2.75, 3.05) is 20.2 Å². The molecule has 5 nitrogen and oxygen atoms in total. The first-order valence-corrected chi connectivity index (χ1v) is 10.7. The molecule has 2 aromatic carbocycles. The van der Waals surface area contributed by atoms with Crippen LogP contribution in [0.4, 0.5) is 0 Å². The summed E-state index contributed by atoms with van der Waals surface area (Å²) in [6.07, 6.45) is 5.45. The Bertz CT molecular complexity index is 934. The number of carbonyl (C=O) groups is 1. The van der Waals surface area contributed by atoms with Gasteiger partial charge < -0.3 is 14.4 Å². The molecule has 2 aliphatic heterocycles. The Morgan fingerprint density at radius 3 is 2.62 bits per heavy atom. The molecule has 0 saturated carbocycles. The summed E-state index contributed by atoms with van der Waals surface area (Å²) in [6.45, 7) is 2.43. The standard InChI is InChI=1S/C23H24N2O3S/c1-27-20-14-18(10-11-19(20)28-16-17-8-4-2-5-9-17)15-21-22(26)24-23(29-21)25-12-6-3-7-13-25/h2,4-5,8-11,14-15H,3,6-7,12-13,16H2,1H3/b21-15+. The van der Waals surface area contributed by atoms with Gasteiger partial charge in [0.15, 0.2) is 16.7 Å². The molecule has 2 heterocycles. The third kappa shape index (κ3) is 4.82. The highest BCUT2D eigenvalue weighted by Crippen LogP contribution is 2.34. The fraction of sp³-hybridized carbons (Fsp3) is 0.304. The molecule has 6 heteroatoms. The SMILES string of the molecule is COc1cc(/C=C2/SC(N3CCCCC3)=NC2=O)ccc1OCc1ccccc1. The minimum absolute atomic E-state index is 0.168. The van der Waals surface area contributed by atoms with E-state index < -0.39 is 0 Å². The normalized spacial score (nSPS) is 18.1. The van der Waals surface area contributed by atoms with Gasteiger partial charge in [-0.1, -0.05) is 36.4 Å². The number of carbonyl (C=O) groups excluding carboxylic acids is 1. The van der Waals surface area contributed by atoms with Crippen molar-refractivity contribution in [1.29, 1.82) is 0 Å². The number of methoxy groups -OCH3 is 1. The monoisotopic (exact) mass is 408 g/mol. The number of amidine groups is 1. The first-order chi connectivity index (χ1) is 14.2. The number of hydrogen-bond acceptors (Lipinski definition) is 5. The highest BCUT2D eigenvalue weighted by molar-refractivity contribution is 8.18. The van der Waals surface area contributed by atoms with Crippen molar-refractivity contribution in [3.8, 4) is 11.5 Å². The van der Waals surface area contributed by atoms with Crippen LogP contribution in [0.3, 0.4) is 0 Å². The summed E-state index contributed by atoms with van der Waals surface area (Å²) >= 11 is 1.46. The lowest BCUT2D eigenvalue weighted by Crippen LogP contribution is -2.33. The first kappa shape index (κ1) is 19.6. The van der Waals surface area contributed by atoms with Crippen LogP contribution in [-0.2, 0) is 11.4 Å². The second kappa shape index (κ2) is 9.18. The zero-order valence-electron chi connectivity index (χ0n) is 16.5. The van der Waals surface area contributed by atoms with E-state index in [2.05, 4.69) is 9.89 Å². The number of likely N-dealkylation sites (tertiary alicyclic amines) is 1. The Morgan fingerprint density at radius 2 is 1.86 bits per heavy atom. The van der Waals surface area contributed by atoms with Crippen molar-refractivity contribution in [3.63, 3.8) is 0 Å². The molecular formula is C23H24N2O3S. The fourth-order valence-electron chi connectivity index (χ4n) is 3.40. The van der Waals surface area contributed by atoms with Gasteiger partial charge in [0, 0.05) is 13.1 Å². The van der Waals surface area contributed by atoms with E-state index in [1.54, 1.807) is 7.11 Å². The molecule has 150 valence electrons. The first-order valence-electron chi connectivity index (χ1n) is 9.85. The quantitative estimate of drug-likeness (QED) is 0.670. The Kier molecular flexibility index (Phi) is 6.20. The molecule has 1 saturated heterocycles. The smallest absolute Gasteiger partial charge is 0.286 e. The zero-order valence-corrected chi connectivity index (χ0v) is 17.3. The minimum atomic E-state index is -0.168. The molecule has 0 atom stereocenters. The van der Waals surface area contributed by atoms with Crippen LogP contribution in [0.2, 0.25) is 0 Å². The number of piperidine rings is 1. The van der Waals surface area contributed by atoms with Gasteiger partial charge in [0.1, 0.15) is 6.61 Å². The number of aliphatic imine (C=N–C) groups is 1. The summed E-state index contributed by atoms with van der Waals surface area (Å²) in [5.41, 5.74) is 1.98. The van der Waals surface area contributed by atoms with E-state index in [1.807, 2.05) is 54.6 Å². The van der Waals surface area contributed by atoms with Gasteiger partial charge in [-0.3, -0.25) is 4.79 Å². The van der Waals surface area contributed by atoms with E-state index in [9.17, 15) is 4.79 Å². The number of rotatable bonds is 5. The van der Waals surface area contributed by atoms with E-state index in [0.29, 0.717) is 23.0 Å². The fourth-order valence-corrected chi connectivity index (χ4v) is 4.36. The number of thioether (sulfide) groups is 1. The molecule has 0 unspecified atom stereocenters. The Morgan fingerprint density at radius 1 is 1.07 bits per heavy atom. The molecule has 0 aromatic heterocycles. The lowest BCUT2D eigenvalue weighted by atomic mass is 10.1. The molecule has 0 bridgehead atoms. The lowest BCUT2D eigenvalue weighted by Gasteiger charge is -2.27. The number of nitrogens with zero attached hydrogens (tertiary/aromatic N) is 2. The molecule has 2 aliphatic rings. The maximum Gasteiger partial charge on any atom is 0.286 e. The predicted molar refractivity (Wildman–Crippen MR) is 117 cm³/mol. The maximum absolute atomic E-state index is 12.4. The van der Waals surface area contributed by atoms with E-state index in [0.717, 1.165) is 42.2 Å². The van der Waals surface area contributed by atoms with Gasteiger partial charge in [-0.2, -0.15) is 4.99 Å². The van der Waals surface area contributed by atoms with Gasteiger partial charge in [0.05, 0.1) is 12.0 Å². The molecular weight excluding hydrogens is 384 g/mol. The number of benzene rings is 2. The minimum Gasteiger partial charge on any atom is -0.493 e. The largest absolute Gasteiger partial charge is 0.493 e. The van der Waals surface area contributed by atoms with Gasteiger partial charge in [0.25, 0.3) is 5.91 Å². The second-order valence-corrected chi connectivity index (χ2v) is 8.05. The van der Waals surface area contributed by atoms with E-state index in [1.165, 1.54) is 18.2 Å². The van der Waals surface area contributed by atoms with Gasteiger partial charge in [-0.05, 0) is 60.4 Å². The van der Waals surface area contributed by atoms with Gasteiger partial charge in [-0.25, -0.2) is 0 Å². The molecule has 1 fully saturated rings. The van der Waals surface area contributed by atoms with Gasteiger partial charge >= 0.3 is 0 Å². The topological polar surface area (TPSA) is 51.1 Å². The van der Waals surface area contributed by atoms with Crippen LogP contribution in [0.25, 0.3) is 6.08 Å². The van der Waals surface area contributed by atoms with E-state index in [-0.39, 0.29) is 5.91 Å². The number of hydrogen-bond donors (Lipinski definition) is 0. The zero-order chi connectivity index (χ0) is 20.1. The molecule has 1 amide bonds. The summed E-state index contributed by atoms with van der Waals surface area (Å²) in [6, 6.07) is 15.7. The van der Waals surface area contributed by atoms with Crippen molar-refractivity contribution in [1.82, 2.24) is 4.90 Å². The van der Waals surface area contributed by atoms with Crippen LogP contribution in [-0.4, -0.2) is 36.2 Å². The molecule has 0 spiro atoms. The molecule has 0 N–H and O–H groups in total. The molecule has 0 radical (unpaired) electrons. The second-order valence-electron chi connectivity index (χ2n) is 7.04. The summed E-state index contributed by atoms with van der Waals surface area (Å²) < 4.78 is 11.4. The van der Waals surface area contributed by atoms with Crippen LogP contribution in [0, 0.1) is 0 Å². The van der Waals surface area contributed by atoms with Crippen molar-refractivity contribution in [2.45, 2.75) is 25.9 Å². The molecule has 2 aromatic rings. The summed E-state index contributed by atoms with van der Waals surface area (Å²) in [4.78, 5) is 19.5. The highest BCUT2D eigenvalue weighted by atomic mass is 32.2. The Labute approximate surface area is 175 Å². The molecule has 0 aliphatic carbocycles. The van der Waals surface area contributed by atoms with Gasteiger partial charge in [0.2, 0.25) is 0 Å². The lowest BCUT2D eigenvalue weighted by molar-refractivity contribution is -0.113. The average molecular weight is 409 g/mol. The molecule has 4 rings (SSSR count). The van der Waals surface area contributed by atoms with Crippen LogP contribution < -0.4 is 9.47 Å².